The van der Waals surface area contributed by atoms with Gasteiger partial charge >= 0.3 is 0 Å². The smallest absolute Gasteiger partial charge is 0.171 e. The molecular weight excluding hydrogens is 372 g/mol. The lowest BCUT2D eigenvalue weighted by Crippen LogP contribution is -2.52. The maximum atomic E-state index is 10.3. The van der Waals surface area contributed by atoms with Gasteiger partial charge in [0.1, 0.15) is 0 Å². The third-order valence-corrected chi connectivity index (χ3v) is 11.3. The quantitative estimate of drug-likeness (QED) is 0.516. The van der Waals surface area contributed by atoms with Crippen molar-refractivity contribution in [3.8, 4) is 0 Å². The van der Waals surface area contributed by atoms with Crippen LogP contribution in [0.15, 0.2) is 11.6 Å². The molecule has 0 amide bonds. The van der Waals surface area contributed by atoms with Gasteiger partial charge in [0.2, 0.25) is 0 Å². The fourth-order valence-electron chi connectivity index (χ4n) is 9.66. The maximum absolute atomic E-state index is 10.3. The Kier molecular flexibility index (Phi) is 4.44. The Labute approximate surface area is 183 Å². The van der Waals surface area contributed by atoms with Crippen molar-refractivity contribution in [3.05, 3.63) is 11.6 Å². The molecule has 2 aliphatic heterocycles. The van der Waals surface area contributed by atoms with Gasteiger partial charge in [-0.1, -0.05) is 39.3 Å². The number of hydrogen-bond acceptors (Lipinski definition) is 3. The van der Waals surface area contributed by atoms with Gasteiger partial charge in [0.15, 0.2) is 5.79 Å². The summed E-state index contributed by atoms with van der Waals surface area (Å²) in [5.41, 5.74) is 2.31. The van der Waals surface area contributed by atoms with Gasteiger partial charge in [0.05, 0.1) is 18.8 Å². The lowest BCUT2D eigenvalue weighted by molar-refractivity contribution is -0.272. The maximum Gasteiger partial charge on any atom is 0.171 e. The summed E-state index contributed by atoms with van der Waals surface area (Å²) in [6, 6.07) is 0. The summed E-state index contributed by atoms with van der Waals surface area (Å²) >= 11 is 0. The van der Waals surface area contributed by atoms with Gasteiger partial charge in [0, 0.05) is 12.3 Å². The van der Waals surface area contributed by atoms with E-state index in [1.165, 1.54) is 38.5 Å². The van der Waals surface area contributed by atoms with Crippen molar-refractivity contribution in [2.24, 2.45) is 46.3 Å². The topological polar surface area (TPSA) is 38.7 Å². The predicted molar refractivity (Wildman–Crippen MR) is 118 cm³/mol. The van der Waals surface area contributed by atoms with Crippen molar-refractivity contribution >= 4 is 0 Å². The largest absolute Gasteiger partial charge is 0.393 e. The van der Waals surface area contributed by atoms with Crippen LogP contribution in [0.4, 0.5) is 0 Å². The van der Waals surface area contributed by atoms with Gasteiger partial charge in [-0.3, -0.25) is 0 Å². The van der Waals surface area contributed by atoms with Gasteiger partial charge in [-0.15, -0.1) is 0 Å². The normalized spacial score (nSPS) is 59.8. The Hall–Kier alpha value is -0.380. The molecule has 168 valence electrons. The van der Waals surface area contributed by atoms with Crippen LogP contribution < -0.4 is 0 Å². The van der Waals surface area contributed by atoms with E-state index in [9.17, 15) is 5.11 Å². The molecule has 2 heterocycles. The van der Waals surface area contributed by atoms with Gasteiger partial charge in [-0.2, -0.15) is 0 Å². The summed E-state index contributed by atoms with van der Waals surface area (Å²) in [5, 5.41) is 10.3. The molecule has 0 aromatic rings. The Morgan fingerprint density at radius 1 is 1.03 bits per heavy atom. The first-order chi connectivity index (χ1) is 14.3. The monoisotopic (exact) mass is 414 g/mol. The van der Waals surface area contributed by atoms with Crippen LogP contribution in [0.1, 0.15) is 85.5 Å². The van der Waals surface area contributed by atoms with Gasteiger partial charge < -0.3 is 14.6 Å². The molecule has 3 nitrogen and oxygen atoms in total. The van der Waals surface area contributed by atoms with E-state index in [0.717, 1.165) is 43.6 Å². The zero-order chi connectivity index (χ0) is 20.9. The lowest BCUT2D eigenvalue weighted by Gasteiger charge is -2.58. The SMILES string of the molecule is C[C@@H]1CC[C@]2(OC1)O[C@H]1C[C@H]3[C@@H]4CC=C5C[C@@H](O)CC[C@]5(C)[C@H]4CC[C@]3(C)[C@H]1[C@H]2C. The van der Waals surface area contributed by atoms with E-state index in [0.29, 0.717) is 34.7 Å². The first-order valence-electron chi connectivity index (χ1n) is 13.0. The summed E-state index contributed by atoms with van der Waals surface area (Å²) in [4.78, 5) is 0. The van der Waals surface area contributed by atoms with E-state index >= 15 is 0 Å². The highest BCUT2D eigenvalue weighted by Gasteiger charge is 2.68. The van der Waals surface area contributed by atoms with Gasteiger partial charge in [-0.25, -0.2) is 0 Å². The van der Waals surface area contributed by atoms with Crippen molar-refractivity contribution < 1.29 is 14.6 Å². The van der Waals surface area contributed by atoms with Crippen molar-refractivity contribution in [2.45, 2.75) is 103 Å². The zero-order valence-corrected chi connectivity index (χ0v) is 19.5. The van der Waals surface area contributed by atoms with Crippen LogP contribution >= 0.6 is 0 Å². The summed E-state index contributed by atoms with van der Waals surface area (Å²) in [5.74, 6) is 3.94. The minimum atomic E-state index is -0.294. The second-order valence-electron chi connectivity index (χ2n) is 12.7. The highest BCUT2D eigenvalue weighted by atomic mass is 16.7. The van der Waals surface area contributed by atoms with Crippen LogP contribution in [0.25, 0.3) is 0 Å². The lowest BCUT2D eigenvalue weighted by atomic mass is 9.47. The van der Waals surface area contributed by atoms with E-state index in [1.54, 1.807) is 5.57 Å². The van der Waals surface area contributed by atoms with Crippen LogP contribution in [0, 0.1) is 46.3 Å². The third kappa shape index (κ3) is 2.55. The van der Waals surface area contributed by atoms with E-state index in [1.807, 2.05) is 0 Å². The van der Waals surface area contributed by atoms with Crippen molar-refractivity contribution in [3.63, 3.8) is 0 Å². The zero-order valence-electron chi connectivity index (χ0n) is 19.5. The van der Waals surface area contributed by atoms with Gasteiger partial charge in [-0.05, 0) is 91.8 Å². The number of allylic oxidation sites excluding steroid dienone is 1. The summed E-state index contributed by atoms with van der Waals surface area (Å²) in [6.07, 6.45) is 13.5. The molecule has 0 unspecified atom stereocenters. The molecule has 0 radical (unpaired) electrons. The average molecular weight is 415 g/mol. The third-order valence-electron chi connectivity index (χ3n) is 11.3. The molecule has 11 atom stereocenters. The fourth-order valence-corrected chi connectivity index (χ4v) is 9.66. The molecule has 3 saturated carbocycles. The standard InChI is InChI=1S/C27H42O3/c1-16-7-12-27(29-15-16)17(2)24-23(30-27)14-22-20-6-5-18-13-19(28)8-10-25(18,3)21(20)9-11-26(22,24)4/h5,16-17,19-24,28H,6-15H2,1-4H3/t16-,17-,19+,20-,21+,22+,23+,24+,25+,26+,27+/m1/s1. The van der Waals surface area contributed by atoms with E-state index in [-0.39, 0.29) is 11.9 Å². The molecule has 3 heteroatoms. The fraction of sp³-hybridized carbons (Fsp3) is 0.926. The Balaban J connectivity index is 1.28. The molecule has 0 aromatic carbocycles. The van der Waals surface area contributed by atoms with Crippen molar-refractivity contribution in [1.82, 2.24) is 0 Å². The Morgan fingerprint density at radius 3 is 2.63 bits per heavy atom. The van der Waals surface area contributed by atoms with Gasteiger partial charge in [0.25, 0.3) is 0 Å². The van der Waals surface area contributed by atoms with E-state index in [4.69, 9.17) is 9.47 Å². The molecule has 0 aromatic heterocycles. The molecule has 1 N–H and O–H groups in total. The number of fused-ring (bicyclic) bond motifs is 7. The van der Waals surface area contributed by atoms with Crippen LogP contribution in [0.2, 0.25) is 0 Å². The predicted octanol–water partition coefficient (Wildman–Crippen LogP) is 5.71. The van der Waals surface area contributed by atoms with E-state index in [2.05, 4.69) is 33.8 Å². The second kappa shape index (κ2) is 6.58. The van der Waals surface area contributed by atoms with Crippen molar-refractivity contribution in [2.75, 3.05) is 6.61 Å². The molecule has 5 fully saturated rings. The van der Waals surface area contributed by atoms with Crippen LogP contribution in [0.5, 0.6) is 0 Å². The Bertz CT molecular complexity index is 736. The summed E-state index contributed by atoms with van der Waals surface area (Å²) in [7, 11) is 0. The molecule has 1 spiro atoms. The number of aliphatic hydroxyl groups is 1. The molecule has 6 aliphatic rings. The number of aliphatic hydroxyl groups excluding tert-OH is 1. The minimum Gasteiger partial charge on any atom is -0.393 e. The average Bonchev–Trinajstić information content (AvgIpc) is 3.16. The molecule has 2 saturated heterocycles. The molecule has 4 aliphatic carbocycles. The first kappa shape index (κ1) is 20.2. The molecule has 30 heavy (non-hydrogen) atoms. The van der Waals surface area contributed by atoms with E-state index < -0.39 is 0 Å². The first-order valence-corrected chi connectivity index (χ1v) is 13.0. The van der Waals surface area contributed by atoms with Crippen molar-refractivity contribution in [1.29, 1.82) is 0 Å². The highest BCUT2D eigenvalue weighted by Crippen LogP contribution is 2.70. The number of ether oxygens (including phenoxy) is 2. The molecular formula is C27H42O3. The molecule has 0 bridgehead atoms. The van der Waals surface area contributed by atoms with Crippen LogP contribution in [-0.4, -0.2) is 29.7 Å². The highest BCUT2D eigenvalue weighted by molar-refractivity contribution is 5.26. The summed E-state index contributed by atoms with van der Waals surface area (Å²) < 4.78 is 13.3. The second-order valence-corrected chi connectivity index (χ2v) is 12.7. The Morgan fingerprint density at radius 2 is 1.87 bits per heavy atom. The van der Waals surface area contributed by atoms with Crippen LogP contribution in [0.3, 0.4) is 0 Å². The number of rotatable bonds is 0. The number of hydrogen-bond donors (Lipinski definition) is 1. The van der Waals surface area contributed by atoms with Crippen LogP contribution in [-0.2, 0) is 9.47 Å². The minimum absolute atomic E-state index is 0.107. The molecule has 6 rings (SSSR count). The summed E-state index contributed by atoms with van der Waals surface area (Å²) in [6.45, 7) is 10.8.